The Bertz CT molecular complexity index is 700. The Morgan fingerprint density at radius 3 is 2.86 bits per heavy atom. The van der Waals surface area contributed by atoms with Crippen molar-refractivity contribution in [2.75, 3.05) is 20.6 Å². The number of nitrogens with zero attached hydrogens (tertiary/aromatic N) is 1. The van der Waals surface area contributed by atoms with Crippen molar-refractivity contribution in [2.24, 2.45) is 11.8 Å². The Balaban J connectivity index is 0.00000144. The monoisotopic (exact) mass is 333 g/mol. The number of halogens is 1. The van der Waals surface area contributed by atoms with E-state index < -0.39 is 0 Å². The molecular weight excluding hydrogens is 310 g/mol. The predicted octanol–water partition coefficient (Wildman–Crippen LogP) is 5.46. The molecule has 0 amide bonds. The number of benzene rings is 1. The van der Waals surface area contributed by atoms with E-state index in [9.17, 15) is 0 Å². The van der Waals surface area contributed by atoms with E-state index in [4.69, 9.17) is 0 Å². The number of rotatable bonds is 3. The van der Waals surface area contributed by atoms with Crippen LogP contribution in [0.15, 0.2) is 35.2 Å². The zero-order valence-electron chi connectivity index (χ0n) is 13.3. The zero-order valence-corrected chi connectivity index (χ0v) is 15.0. The number of likely N-dealkylation sites (N-methyl/N-ethyl adjacent to an activating group) is 1. The highest BCUT2D eigenvalue weighted by Crippen LogP contribution is 2.50. The molecule has 2 aliphatic carbocycles. The van der Waals surface area contributed by atoms with E-state index in [-0.39, 0.29) is 12.4 Å². The maximum Gasteiger partial charge on any atom is 0.0348 e. The Morgan fingerprint density at radius 2 is 2.05 bits per heavy atom. The summed E-state index contributed by atoms with van der Waals surface area (Å²) < 4.78 is 1.43. The molecule has 2 atom stereocenters. The van der Waals surface area contributed by atoms with Crippen molar-refractivity contribution < 1.29 is 0 Å². The van der Waals surface area contributed by atoms with Crippen molar-refractivity contribution in [1.82, 2.24) is 4.90 Å². The van der Waals surface area contributed by atoms with E-state index >= 15 is 0 Å². The second-order valence-corrected chi connectivity index (χ2v) is 7.92. The van der Waals surface area contributed by atoms with Crippen LogP contribution in [0.1, 0.15) is 31.2 Å². The average molecular weight is 334 g/mol. The molecule has 22 heavy (non-hydrogen) atoms. The third-order valence-electron chi connectivity index (χ3n) is 5.16. The standard InChI is InChI=1S/C19H23NS.ClH/c1-20(2)12-15-11-13-6-7-14(10-13)19(15)17-4-3-5-18-16(17)8-9-21-18;/h3-5,8-9,13-14H,6-7,10-12H2,1-2H3;1H. The van der Waals surface area contributed by atoms with Gasteiger partial charge in [0.1, 0.15) is 0 Å². The molecule has 1 nitrogen and oxygen atoms in total. The smallest absolute Gasteiger partial charge is 0.0348 e. The molecule has 2 aromatic rings. The molecule has 2 bridgehead atoms. The summed E-state index contributed by atoms with van der Waals surface area (Å²) in [5.41, 5.74) is 4.93. The van der Waals surface area contributed by atoms with Crippen molar-refractivity contribution >= 4 is 39.4 Å². The summed E-state index contributed by atoms with van der Waals surface area (Å²) in [6.45, 7) is 1.13. The molecule has 1 aromatic carbocycles. The number of fused-ring (bicyclic) bond motifs is 3. The molecule has 118 valence electrons. The maximum atomic E-state index is 2.36. The molecule has 0 N–H and O–H groups in total. The van der Waals surface area contributed by atoms with Gasteiger partial charge in [-0.05, 0) is 85.7 Å². The van der Waals surface area contributed by atoms with Gasteiger partial charge in [-0.1, -0.05) is 17.7 Å². The summed E-state index contributed by atoms with van der Waals surface area (Å²) >= 11 is 1.87. The largest absolute Gasteiger partial charge is 0.305 e. The van der Waals surface area contributed by atoms with Gasteiger partial charge < -0.3 is 4.90 Å². The summed E-state index contributed by atoms with van der Waals surface area (Å²) in [7, 11) is 4.40. The molecule has 0 spiro atoms. The van der Waals surface area contributed by atoms with Gasteiger partial charge in [0.2, 0.25) is 0 Å². The normalized spacial score (nSPS) is 24.1. The first-order chi connectivity index (χ1) is 10.2. The summed E-state index contributed by atoms with van der Waals surface area (Å²) in [4.78, 5) is 2.34. The van der Waals surface area contributed by atoms with Gasteiger partial charge >= 0.3 is 0 Å². The van der Waals surface area contributed by atoms with Crippen LogP contribution in [0.25, 0.3) is 15.7 Å². The minimum atomic E-state index is 0. The molecule has 0 aliphatic heterocycles. The summed E-state index contributed by atoms with van der Waals surface area (Å²) in [5, 5.41) is 3.71. The minimum absolute atomic E-state index is 0. The minimum Gasteiger partial charge on any atom is -0.305 e. The van der Waals surface area contributed by atoms with Crippen LogP contribution in [0.2, 0.25) is 0 Å². The lowest BCUT2D eigenvalue weighted by Gasteiger charge is -2.29. The molecule has 4 rings (SSSR count). The van der Waals surface area contributed by atoms with Crippen LogP contribution in [0, 0.1) is 11.8 Å². The van der Waals surface area contributed by atoms with Crippen LogP contribution in [0.4, 0.5) is 0 Å². The first kappa shape index (κ1) is 16.0. The van der Waals surface area contributed by atoms with E-state index in [1.807, 2.05) is 11.3 Å². The fourth-order valence-corrected chi connectivity index (χ4v) is 5.25. The summed E-state index contributed by atoms with van der Waals surface area (Å²) in [6.07, 6.45) is 5.58. The Labute approximate surface area is 143 Å². The Kier molecular flexibility index (Phi) is 4.63. The maximum absolute atomic E-state index is 2.36. The zero-order chi connectivity index (χ0) is 14.4. The lowest BCUT2D eigenvalue weighted by atomic mass is 9.79. The predicted molar refractivity (Wildman–Crippen MR) is 100.0 cm³/mol. The van der Waals surface area contributed by atoms with E-state index in [2.05, 4.69) is 48.6 Å². The van der Waals surface area contributed by atoms with Gasteiger partial charge in [0.25, 0.3) is 0 Å². The van der Waals surface area contributed by atoms with Crippen molar-refractivity contribution in [3.63, 3.8) is 0 Å². The third-order valence-corrected chi connectivity index (χ3v) is 6.04. The highest BCUT2D eigenvalue weighted by molar-refractivity contribution is 7.17. The van der Waals surface area contributed by atoms with E-state index in [1.54, 1.807) is 11.1 Å². The van der Waals surface area contributed by atoms with Crippen molar-refractivity contribution in [1.29, 1.82) is 0 Å². The molecule has 2 unspecified atom stereocenters. The van der Waals surface area contributed by atoms with Crippen LogP contribution in [0.5, 0.6) is 0 Å². The lowest BCUT2D eigenvalue weighted by Crippen LogP contribution is -2.21. The molecule has 3 heteroatoms. The van der Waals surface area contributed by atoms with Crippen LogP contribution in [-0.2, 0) is 0 Å². The van der Waals surface area contributed by atoms with E-state index in [1.165, 1.54) is 41.3 Å². The average Bonchev–Trinajstić information content (AvgIpc) is 3.05. The first-order valence-electron chi connectivity index (χ1n) is 8.05. The molecule has 1 heterocycles. The van der Waals surface area contributed by atoms with Gasteiger partial charge in [0, 0.05) is 11.2 Å². The second kappa shape index (κ2) is 6.35. The van der Waals surface area contributed by atoms with Gasteiger partial charge in [-0.3, -0.25) is 0 Å². The summed E-state index contributed by atoms with van der Waals surface area (Å²) in [6, 6.07) is 9.18. The third kappa shape index (κ3) is 2.73. The topological polar surface area (TPSA) is 3.24 Å². The van der Waals surface area contributed by atoms with Crippen molar-refractivity contribution in [3.05, 3.63) is 40.8 Å². The van der Waals surface area contributed by atoms with Crippen molar-refractivity contribution in [3.8, 4) is 0 Å². The van der Waals surface area contributed by atoms with E-state index in [0.717, 1.165) is 18.4 Å². The van der Waals surface area contributed by atoms with Crippen LogP contribution in [-0.4, -0.2) is 25.5 Å². The van der Waals surface area contributed by atoms with Crippen molar-refractivity contribution in [2.45, 2.75) is 25.7 Å². The molecular formula is C19H24ClNS. The SMILES string of the molecule is CN(C)CC1=C(c2cccc3sccc23)C2CCC(C1)C2.Cl. The molecule has 2 aliphatic rings. The fourth-order valence-electron chi connectivity index (χ4n) is 4.44. The molecule has 0 radical (unpaired) electrons. The number of hydrogen-bond donors (Lipinski definition) is 0. The van der Waals surface area contributed by atoms with E-state index in [0.29, 0.717) is 0 Å². The number of thiophene rings is 1. The molecule has 1 aromatic heterocycles. The van der Waals surface area contributed by atoms with Gasteiger partial charge in [-0.2, -0.15) is 0 Å². The lowest BCUT2D eigenvalue weighted by molar-refractivity contribution is 0.413. The van der Waals surface area contributed by atoms with Gasteiger partial charge in [-0.15, -0.1) is 23.7 Å². The van der Waals surface area contributed by atoms with Crippen LogP contribution in [0.3, 0.4) is 0 Å². The highest BCUT2D eigenvalue weighted by atomic mass is 35.5. The Morgan fingerprint density at radius 1 is 1.18 bits per heavy atom. The number of hydrogen-bond acceptors (Lipinski definition) is 2. The van der Waals surface area contributed by atoms with Gasteiger partial charge in [-0.25, -0.2) is 0 Å². The second-order valence-electron chi connectivity index (χ2n) is 6.97. The molecule has 0 saturated heterocycles. The number of allylic oxidation sites excluding steroid dienone is 1. The molecule has 1 saturated carbocycles. The fraction of sp³-hybridized carbons (Fsp3) is 0.474. The first-order valence-corrected chi connectivity index (χ1v) is 8.93. The van der Waals surface area contributed by atoms with Crippen LogP contribution < -0.4 is 0 Å². The van der Waals surface area contributed by atoms with Gasteiger partial charge in [0.15, 0.2) is 0 Å². The molecule has 1 fully saturated rings. The Hall–Kier alpha value is -0.830. The highest BCUT2D eigenvalue weighted by Gasteiger charge is 2.35. The van der Waals surface area contributed by atoms with Gasteiger partial charge in [0.05, 0.1) is 0 Å². The van der Waals surface area contributed by atoms with Crippen LogP contribution >= 0.6 is 23.7 Å². The quantitative estimate of drug-likeness (QED) is 0.721. The summed E-state index contributed by atoms with van der Waals surface area (Å²) in [5.74, 6) is 1.76.